The number of halogens is 1. The summed E-state index contributed by atoms with van der Waals surface area (Å²) in [5.41, 5.74) is 5.53. The highest BCUT2D eigenvalue weighted by Crippen LogP contribution is 2.15. The van der Waals surface area contributed by atoms with Gasteiger partial charge in [0.25, 0.3) is 5.91 Å². The molecule has 0 radical (unpaired) electrons. The zero-order chi connectivity index (χ0) is 13.1. The summed E-state index contributed by atoms with van der Waals surface area (Å²) in [5, 5.41) is 5.49. The summed E-state index contributed by atoms with van der Waals surface area (Å²) < 4.78 is 0. The molecule has 2 heterocycles. The first-order valence-electron chi connectivity index (χ1n) is 5.58. The number of nitrogens with one attached hydrogen (secondary N) is 2. The zero-order valence-corrected chi connectivity index (χ0v) is 10.3. The Kier molecular flexibility index (Phi) is 3.66. The Morgan fingerprint density at radius 1 is 1.56 bits per heavy atom. The zero-order valence-electron chi connectivity index (χ0n) is 9.57. The predicted molar refractivity (Wildman–Crippen MR) is 67.2 cm³/mol. The van der Waals surface area contributed by atoms with Crippen molar-refractivity contribution >= 4 is 29.2 Å². The van der Waals surface area contributed by atoms with Gasteiger partial charge in [-0.25, -0.2) is 4.98 Å². The van der Waals surface area contributed by atoms with E-state index in [1.54, 1.807) is 0 Å². The summed E-state index contributed by atoms with van der Waals surface area (Å²) in [6.45, 7) is 0.641. The number of rotatable bonds is 2. The lowest BCUT2D eigenvalue weighted by molar-refractivity contribution is -0.124. The first-order chi connectivity index (χ1) is 8.58. The summed E-state index contributed by atoms with van der Waals surface area (Å²) in [6.07, 6.45) is 1.44. The number of anilines is 1. The number of hydrogen-bond donors (Lipinski definition) is 3. The molecule has 1 atom stereocenters. The number of nitrogens with zero attached hydrogens (tertiary/aromatic N) is 1. The van der Waals surface area contributed by atoms with Crippen LogP contribution in [0, 0.1) is 0 Å². The van der Waals surface area contributed by atoms with Gasteiger partial charge in [-0.15, -0.1) is 0 Å². The molecule has 0 saturated carbocycles. The van der Waals surface area contributed by atoms with Crippen LogP contribution in [0.3, 0.4) is 0 Å². The average molecular weight is 269 g/mol. The van der Waals surface area contributed by atoms with E-state index in [1.165, 1.54) is 12.1 Å². The molecule has 1 saturated heterocycles. The van der Waals surface area contributed by atoms with Gasteiger partial charge < -0.3 is 16.4 Å². The minimum absolute atomic E-state index is 0.0371. The third-order valence-electron chi connectivity index (χ3n) is 2.67. The fraction of sp³-hybridized carbons (Fsp3) is 0.364. The molecule has 2 rings (SSSR count). The SMILES string of the molecule is Nc1ccc(Cl)c(C(=O)NC2CCCNC2=O)n1. The van der Waals surface area contributed by atoms with Crippen molar-refractivity contribution in [2.75, 3.05) is 12.3 Å². The highest BCUT2D eigenvalue weighted by atomic mass is 35.5. The molecule has 1 aliphatic rings. The number of carbonyl (C=O) groups excluding carboxylic acids is 2. The molecule has 0 bridgehead atoms. The summed E-state index contributed by atoms with van der Waals surface area (Å²) in [6, 6.07) is 2.47. The lowest BCUT2D eigenvalue weighted by Gasteiger charge is -2.22. The molecule has 2 amide bonds. The Balaban J connectivity index is 2.11. The second-order valence-electron chi connectivity index (χ2n) is 4.03. The van der Waals surface area contributed by atoms with Gasteiger partial charge in [-0.05, 0) is 25.0 Å². The van der Waals surface area contributed by atoms with E-state index >= 15 is 0 Å². The van der Waals surface area contributed by atoms with Gasteiger partial charge in [0.1, 0.15) is 17.6 Å². The quantitative estimate of drug-likeness (QED) is 0.720. The fourth-order valence-electron chi connectivity index (χ4n) is 1.75. The van der Waals surface area contributed by atoms with Gasteiger partial charge in [0.15, 0.2) is 0 Å². The van der Waals surface area contributed by atoms with Crippen LogP contribution in [0.4, 0.5) is 5.82 Å². The molecular formula is C11H13ClN4O2. The van der Waals surface area contributed by atoms with E-state index in [2.05, 4.69) is 15.6 Å². The molecule has 18 heavy (non-hydrogen) atoms. The molecule has 0 aliphatic carbocycles. The highest BCUT2D eigenvalue weighted by molar-refractivity contribution is 6.33. The van der Waals surface area contributed by atoms with Crippen molar-refractivity contribution in [1.29, 1.82) is 0 Å². The average Bonchev–Trinajstić information content (AvgIpc) is 2.35. The van der Waals surface area contributed by atoms with Gasteiger partial charge in [0.2, 0.25) is 5.91 Å². The van der Waals surface area contributed by atoms with Crippen LogP contribution in [0.1, 0.15) is 23.3 Å². The van der Waals surface area contributed by atoms with E-state index in [9.17, 15) is 9.59 Å². The number of piperidine rings is 1. The second-order valence-corrected chi connectivity index (χ2v) is 4.43. The van der Waals surface area contributed by atoms with E-state index < -0.39 is 11.9 Å². The molecule has 1 aliphatic heterocycles. The summed E-state index contributed by atoms with van der Waals surface area (Å²) in [5.74, 6) is -0.471. The molecule has 96 valence electrons. The van der Waals surface area contributed by atoms with Gasteiger partial charge in [0.05, 0.1) is 5.02 Å². The van der Waals surface area contributed by atoms with Gasteiger partial charge in [0, 0.05) is 6.54 Å². The van der Waals surface area contributed by atoms with Crippen molar-refractivity contribution in [3.05, 3.63) is 22.8 Å². The van der Waals surface area contributed by atoms with Crippen molar-refractivity contribution in [2.45, 2.75) is 18.9 Å². The van der Waals surface area contributed by atoms with Crippen LogP contribution in [0.5, 0.6) is 0 Å². The molecule has 6 nitrogen and oxygen atoms in total. The molecule has 7 heteroatoms. The Morgan fingerprint density at radius 3 is 3.06 bits per heavy atom. The van der Waals surface area contributed by atoms with Crippen molar-refractivity contribution in [3.63, 3.8) is 0 Å². The third kappa shape index (κ3) is 2.70. The maximum absolute atomic E-state index is 11.9. The number of hydrogen-bond acceptors (Lipinski definition) is 4. The minimum Gasteiger partial charge on any atom is -0.384 e. The topological polar surface area (TPSA) is 97.1 Å². The van der Waals surface area contributed by atoms with Crippen LogP contribution in [0.2, 0.25) is 5.02 Å². The number of amides is 2. The summed E-state index contributed by atoms with van der Waals surface area (Å²) >= 11 is 5.87. The first-order valence-corrected chi connectivity index (χ1v) is 5.96. The largest absolute Gasteiger partial charge is 0.384 e. The van der Waals surface area contributed by atoms with Gasteiger partial charge >= 0.3 is 0 Å². The maximum atomic E-state index is 11.9. The Hall–Kier alpha value is -1.82. The van der Waals surface area contributed by atoms with Crippen molar-refractivity contribution in [1.82, 2.24) is 15.6 Å². The molecule has 0 aromatic carbocycles. The lowest BCUT2D eigenvalue weighted by atomic mass is 10.1. The minimum atomic E-state index is -0.537. The van der Waals surface area contributed by atoms with E-state index in [0.29, 0.717) is 13.0 Å². The Bertz CT molecular complexity index is 492. The van der Waals surface area contributed by atoms with Crippen molar-refractivity contribution < 1.29 is 9.59 Å². The van der Waals surface area contributed by atoms with E-state index in [-0.39, 0.29) is 22.4 Å². The molecular weight excluding hydrogens is 256 g/mol. The smallest absolute Gasteiger partial charge is 0.272 e. The fourth-order valence-corrected chi connectivity index (χ4v) is 1.94. The van der Waals surface area contributed by atoms with Crippen LogP contribution in [-0.2, 0) is 4.79 Å². The van der Waals surface area contributed by atoms with Crippen LogP contribution in [-0.4, -0.2) is 29.4 Å². The van der Waals surface area contributed by atoms with Gasteiger partial charge in [-0.2, -0.15) is 0 Å². The van der Waals surface area contributed by atoms with Crippen LogP contribution >= 0.6 is 11.6 Å². The highest BCUT2D eigenvalue weighted by Gasteiger charge is 2.25. The molecule has 1 fully saturated rings. The number of aromatic nitrogens is 1. The third-order valence-corrected chi connectivity index (χ3v) is 2.98. The normalized spacial score (nSPS) is 19.2. The Labute approximate surface area is 109 Å². The predicted octanol–water partition coefficient (Wildman–Crippen LogP) is 0.326. The number of carbonyl (C=O) groups is 2. The van der Waals surface area contributed by atoms with Crippen molar-refractivity contribution in [3.8, 4) is 0 Å². The number of nitrogens with two attached hydrogens (primary N) is 1. The molecule has 1 aromatic heterocycles. The number of nitrogen functional groups attached to an aromatic ring is 1. The van der Waals surface area contributed by atoms with Crippen LogP contribution < -0.4 is 16.4 Å². The molecule has 1 unspecified atom stereocenters. The molecule has 4 N–H and O–H groups in total. The van der Waals surface area contributed by atoms with Crippen LogP contribution in [0.15, 0.2) is 12.1 Å². The second kappa shape index (κ2) is 5.22. The lowest BCUT2D eigenvalue weighted by Crippen LogP contribution is -2.50. The maximum Gasteiger partial charge on any atom is 0.272 e. The standard InChI is InChI=1S/C11H13ClN4O2/c12-6-3-4-8(13)16-9(6)11(18)15-7-2-1-5-14-10(7)17/h3-4,7H,1-2,5H2,(H2,13,16)(H,14,17)(H,15,18). The van der Waals surface area contributed by atoms with E-state index in [4.69, 9.17) is 17.3 Å². The van der Waals surface area contributed by atoms with E-state index in [1.807, 2.05) is 0 Å². The molecule has 1 aromatic rings. The first kappa shape index (κ1) is 12.6. The van der Waals surface area contributed by atoms with Crippen molar-refractivity contribution in [2.24, 2.45) is 0 Å². The van der Waals surface area contributed by atoms with Gasteiger partial charge in [-0.1, -0.05) is 11.6 Å². The number of pyridine rings is 1. The molecule has 0 spiro atoms. The summed E-state index contributed by atoms with van der Waals surface area (Å²) in [4.78, 5) is 27.3. The summed E-state index contributed by atoms with van der Waals surface area (Å²) in [7, 11) is 0. The Morgan fingerprint density at radius 2 is 2.33 bits per heavy atom. The monoisotopic (exact) mass is 268 g/mol. The van der Waals surface area contributed by atoms with Crippen LogP contribution in [0.25, 0.3) is 0 Å². The van der Waals surface area contributed by atoms with E-state index in [0.717, 1.165) is 6.42 Å². The van der Waals surface area contributed by atoms with Gasteiger partial charge in [-0.3, -0.25) is 9.59 Å².